The zero-order chi connectivity index (χ0) is 48.5. The lowest BCUT2D eigenvalue weighted by atomic mass is 9.94. The summed E-state index contributed by atoms with van der Waals surface area (Å²) in [4.78, 5) is 0. The van der Waals surface area contributed by atoms with Crippen LogP contribution in [0.1, 0.15) is 13.3 Å². The summed E-state index contributed by atoms with van der Waals surface area (Å²) < 4.78 is 61.7. The third-order valence-electron chi connectivity index (χ3n) is 12.6. The number of rotatable bonds is 16. The molecule has 0 amide bonds. The Morgan fingerprint density at radius 1 is 0.318 bits per heavy atom. The van der Waals surface area contributed by atoms with Crippen molar-refractivity contribution in [2.45, 2.75) is 191 Å². The van der Waals surface area contributed by atoms with Crippen LogP contribution in [0.5, 0.6) is 0 Å². The van der Waals surface area contributed by atoms with Crippen molar-refractivity contribution in [2.75, 3.05) is 39.6 Å². The summed E-state index contributed by atoms with van der Waals surface area (Å²) in [6.07, 6.45) is -50.7. The molecule has 6 fully saturated rings. The molecule has 0 bridgehead atoms. The highest BCUT2D eigenvalue weighted by atomic mass is 16.8. The molecule has 386 valence electrons. The van der Waals surface area contributed by atoms with E-state index < -0.39 is 211 Å². The molecule has 29 nitrogen and oxygen atoms in total. The molecule has 0 aromatic rings. The van der Waals surface area contributed by atoms with Crippen LogP contribution in [0.2, 0.25) is 0 Å². The maximum absolute atomic E-state index is 11.3. The van der Waals surface area contributed by atoms with Gasteiger partial charge in [-0.15, -0.1) is 0 Å². The van der Waals surface area contributed by atoms with Gasteiger partial charge < -0.3 is 144 Å². The van der Waals surface area contributed by atoms with Gasteiger partial charge in [0.25, 0.3) is 0 Å². The molecule has 0 aliphatic carbocycles. The minimum absolute atomic E-state index is 0.00776. The van der Waals surface area contributed by atoms with Gasteiger partial charge in [-0.1, -0.05) is 6.92 Å². The van der Waals surface area contributed by atoms with E-state index in [1.807, 2.05) is 0 Å². The molecule has 6 rings (SSSR count). The fourth-order valence-electron chi connectivity index (χ4n) is 8.65. The lowest BCUT2D eigenvalue weighted by Gasteiger charge is -2.50. The van der Waals surface area contributed by atoms with Crippen LogP contribution in [0.15, 0.2) is 0 Å². The molecule has 29 unspecified atom stereocenters. The fourth-order valence-corrected chi connectivity index (χ4v) is 8.65. The van der Waals surface area contributed by atoms with E-state index in [1.54, 1.807) is 6.92 Å². The van der Waals surface area contributed by atoms with Crippen LogP contribution in [0, 0.1) is 0 Å². The molecular weight excluding hydrogens is 908 g/mol. The van der Waals surface area contributed by atoms with Gasteiger partial charge in [-0.05, 0) is 6.42 Å². The van der Waals surface area contributed by atoms with E-state index in [2.05, 4.69) is 0 Å². The Labute approximate surface area is 374 Å². The highest BCUT2D eigenvalue weighted by molar-refractivity contribution is 4.99. The third-order valence-corrected chi connectivity index (χ3v) is 12.6. The normalized spacial score (nSPS) is 52.9. The molecule has 0 aromatic heterocycles. The van der Waals surface area contributed by atoms with Crippen LogP contribution in [-0.4, -0.2) is 310 Å². The first kappa shape index (κ1) is 54.2. The molecule has 0 spiro atoms. The Hall–Kier alpha value is -1.16. The Bertz CT molecular complexity index is 1460. The number of ether oxygens (including phenoxy) is 11. The molecule has 18 N–H and O–H groups in total. The zero-order valence-electron chi connectivity index (χ0n) is 35.2. The lowest BCUT2D eigenvalue weighted by Crippen LogP contribution is -2.68. The topological polar surface area (TPSA) is 466 Å². The minimum Gasteiger partial charge on any atom is -0.394 e. The number of hydrogen-bond donors (Lipinski definition) is 18. The number of aliphatic hydroxyl groups is 18. The standard InChI is InChI=1S/C37H64O29/c1-2-10-28(62-35-25(53)20(48)30(13(5-40)59-35)64-33-23(51)18(46)17(45)11(3-38)58-33)19(47)24(52)34(57-10)65-31-14(6-41)61-37(27(55)22(31)50)66-32-15(7-42)60-36(26(54)21(32)49)63-29-12(4-39)56-8-9(43)16(29)44/h9-55H,2-8H2,1H3. The van der Waals surface area contributed by atoms with Crippen molar-refractivity contribution in [3.8, 4) is 0 Å². The summed E-state index contributed by atoms with van der Waals surface area (Å²) in [7, 11) is 0. The Balaban J connectivity index is 1.07. The quantitative estimate of drug-likeness (QED) is 0.0683. The van der Waals surface area contributed by atoms with Crippen LogP contribution >= 0.6 is 0 Å². The van der Waals surface area contributed by atoms with E-state index in [9.17, 15) is 91.9 Å². The summed E-state index contributed by atoms with van der Waals surface area (Å²) in [5, 5.41) is 190. The average Bonchev–Trinajstić information content (AvgIpc) is 3.31. The first-order valence-electron chi connectivity index (χ1n) is 21.4. The first-order valence-corrected chi connectivity index (χ1v) is 21.4. The molecule has 66 heavy (non-hydrogen) atoms. The van der Waals surface area contributed by atoms with Crippen molar-refractivity contribution < 1.29 is 144 Å². The molecule has 6 aliphatic rings. The largest absolute Gasteiger partial charge is 0.394 e. The minimum atomic E-state index is -2.09. The molecular formula is C37H64O29. The Morgan fingerprint density at radius 3 is 0.909 bits per heavy atom. The second-order valence-corrected chi connectivity index (χ2v) is 16.9. The van der Waals surface area contributed by atoms with E-state index >= 15 is 0 Å². The third kappa shape index (κ3) is 11.0. The van der Waals surface area contributed by atoms with Gasteiger partial charge in [0.2, 0.25) is 0 Å². The van der Waals surface area contributed by atoms with Gasteiger partial charge in [0.05, 0.1) is 45.7 Å². The van der Waals surface area contributed by atoms with Gasteiger partial charge in [-0.3, -0.25) is 0 Å². The molecule has 29 atom stereocenters. The van der Waals surface area contributed by atoms with Crippen LogP contribution < -0.4 is 0 Å². The number of aliphatic hydroxyl groups excluding tert-OH is 18. The SMILES string of the molecule is CCC1OC(OC2C(CO)OC(OC3C(CO)OC(OC4C(CO)OCC(O)C4O)C(O)C3O)C(O)C2O)C(O)C(O)C1OC1OC(CO)C(OC2OC(CO)C(O)C(O)C2O)C(O)C1O. The van der Waals surface area contributed by atoms with Crippen molar-refractivity contribution >= 4 is 0 Å². The second kappa shape index (κ2) is 23.4. The van der Waals surface area contributed by atoms with Gasteiger partial charge in [0, 0.05) is 0 Å². The zero-order valence-corrected chi connectivity index (χ0v) is 35.2. The van der Waals surface area contributed by atoms with Crippen molar-refractivity contribution in [2.24, 2.45) is 0 Å². The summed E-state index contributed by atoms with van der Waals surface area (Å²) in [5.41, 5.74) is 0. The average molecular weight is 973 g/mol. The summed E-state index contributed by atoms with van der Waals surface area (Å²) in [5.74, 6) is 0. The van der Waals surface area contributed by atoms with Crippen LogP contribution in [0.25, 0.3) is 0 Å². The maximum Gasteiger partial charge on any atom is 0.187 e. The van der Waals surface area contributed by atoms with E-state index in [0.29, 0.717) is 0 Å². The maximum atomic E-state index is 11.3. The predicted octanol–water partition coefficient (Wildman–Crippen LogP) is -12.0. The van der Waals surface area contributed by atoms with E-state index in [1.165, 1.54) is 0 Å². The van der Waals surface area contributed by atoms with Gasteiger partial charge in [-0.25, -0.2) is 0 Å². The van der Waals surface area contributed by atoms with Crippen molar-refractivity contribution in [3.05, 3.63) is 0 Å². The molecule has 6 heterocycles. The fraction of sp³-hybridized carbons (Fsp3) is 1.00. The lowest BCUT2D eigenvalue weighted by molar-refractivity contribution is -0.394. The van der Waals surface area contributed by atoms with Crippen molar-refractivity contribution in [1.82, 2.24) is 0 Å². The van der Waals surface area contributed by atoms with Crippen LogP contribution in [0.4, 0.5) is 0 Å². The Kier molecular flexibility index (Phi) is 19.2. The highest BCUT2D eigenvalue weighted by Gasteiger charge is 2.57. The van der Waals surface area contributed by atoms with Gasteiger partial charge in [-0.2, -0.15) is 0 Å². The van der Waals surface area contributed by atoms with Crippen LogP contribution in [0.3, 0.4) is 0 Å². The van der Waals surface area contributed by atoms with Gasteiger partial charge in [0.1, 0.15) is 140 Å². The molecule has 6 aliphatic heterocycles. The molecule has 0 radical (unpaired) electrons. The molecule has 0 saturated carbocycles. The van der Waals surface area contributed by atoms with Crippen molar-refractivity contribution in [3.63, 3.8) is 0 Å². The smallest absolute Gasteiger partial charge is 0.187 e. The predicted molar refractivity (Wildman–Crippen MR) is 201 cm³/mol. The van der Waals surface area contributed by atoms with Crippen molar-refractivity contribution in [1.29, 1.82) is 0 Å². The molecule has 6 saturated heterocycles. The highest BCUT2D eigenvalue weighted by Crippen LogP contribution is 2.37. The molecule has 0 aromatic carbocycles. The monoisotopic (exact) mass is 972 g/mol. The molecule has 29 heteroatoms. The van der Waals surface area contributed by atoms with Gasteiger partial charge >= 0.3 is 0 Å². The number of hydrogen-bond acceptors (Lipinski definition) is 29. The van der Waals surface area contributed by atoms with E-state index in [4.69, 9.17) is 52.1 Å². The van der Waals surface area contributed by atoms with Gasteiger partial charge in [0.15, 0.2) is 31.5 Å². The summed E-state index contributed by atoms with van der Waals surface area (Å²) in [6.45, 7) is -3.05. The van der Waals surface area contributed by atoms with Crippen LogP contribution in [-0.2, 0) is 52.1 Å². The first-order chi connectivity index (χ1) is 31.3. The second-order valence-electron chi connectivity index (χ2n) is 16.9. The summed E-state index contributed by atoms with van der Waals surface area (Å²) >= 11 is 0. The Morgan fingerprint density at radius 2 is 0.591 bits per heavy atom. The van der Waals surface area contributed by atoms with E-state index in [-0.39, 0.29) is 13.0 Å². The summed E-state index contributed by atoms with van der Waals surface area (Å²) in [6, 6.07) is 0. The van der Waals surface area contributed by atoms with E-state index in [0.717, 1.165) is 0 Å².